The van der Waals surface area contributed by atoms with E-state index in [2.05, 4.69) is 5.32 Å². The molecule has 0 spiro atoms. The van der Waals surface area contributed by atoms with Gasteiger partial charge in [-0.1, -0.05) is 0 Å². The summed E-state index contributed by atoms with van der Waals surface area (Å²) in [6.45, 7) is 4.04. The van der Waals surface area contributed by atoms with E-state index < -0.39 is 0 Å². The van der Waals surface area contributed by atoms with Crippen LogP contribution < -0.4 is 11.1 Å². The van der Waals surface area contributed by atoms with Crippen LogP contribution in [0.15, 0.2) is 0 Å². The zero-order valence-corrected chi connectivity index (χ0v) is 10.5. The highest BCUT2D eigenvalue weighted by Crippen LogP contribution is 2.13. The van der Waals surface area contributed by atoms with Crippen molar-refractivity contribution < 1.29 is 9.53 Å². The molecular formula is C9H20Cl2N2O2. The van der Waals surface area contributed by atoms with E-state index in [1.54, 1.807) is 0 Å². The molecule has 3 N–H and O–H groups in total. The number of piperidine rings is 1. The zero-order valence-electron chi connectivity index (χ0n) is 8.90. The lowest BCUT2D eigenvalue weighted by molar-refractivity contribution is -0.153. The maximum atomic E-state index is 11.5. The quantitative estimate of drug-likeness (QED) is 0.733. The lowest BCUT2D eigenvalue weighted by Crippen LogP contribution is -2.35. The summed E-state index contributed by atoms with van der Waals surface area (Å²) in [5, 5.41) is 3.20. The molecule has 15 heavy (non-hydrogen) atoms. The first-order chi connectivity index (χ1) is 6.24. The van der Waals surface area contributed by atoms with Gasteiger partial charge in [0.2, 0.25) is 0 Å². The summed E-state index contributed by atoms with van der Waals surface area (Å²) in [6.07, 6.45) is 1.62. The number of hydrogen-bond donors (Lipinski definition) is 2. The van der Waals surface area contributed by atoms with Crippen molar-refractivity contribution in [2.45, 2.75) is 25.9 Å². The molecule has 1 rings (SSSR count). The Bertz CT molecular complexity index is 175. The predicted octanol–water partition coefficient (Wildman–Crippen LogP) is 0.720. The molecule has 1 atom stereocenters. The molecule has 0 saturated carbocycles. The number of carbonyl (C=O) groups excluding carboxylic acids is 1. The minimum Gasteiger partial charge on any atom is -0.461 e. The molecule has 1 unspecified atom stereocenters. The van der Waals surface area contributed by atoms with Crippen LogP contribution in [0.25, 0.3) is 0 Å². The fourth-order valence-electron chi connectivity index (χ4n) is 1.40. The Labute approximate surface area is 103 Å². The summed E-state index contributed by atoms with van der Waals surface area (Å²) >= 11 is 0. The van der Waals surface area contributed by atoms with Crippen molar-refractivity contribution in [3.63, 3.8) is 0 Å². The van der Waals surface area contributed by atoms with Crippen LogP contribution in [0.2, 0.25) is 0 Å². The van der Waals surface area contributed by atoms with Gasteiger partial charge in [-0.3, -0.25) is 4.79 Å². The average molecular weight is 259 g/mol. The van der Waals surface area contributed by atoms with E-state index in [0.29, 0.717) is 6.54 Å². The van der Waals surface area contributed by atoms with E-state index in [1.165, 1.54) is 0 Å². The normalized spacial score (nSPS) is 18.3. The maximum Gasteiger partial charge on any atom is 0.309 e. The van der Waals surface area contributed by atoms with Crippen molar-refractivity contribution in [3.05, 3.63) is 0 Å². The Morgan fingerprint density at radius 1 is 1.47 bits per heavy atom. The van der Waals surface area contributed by atoms with Gasteiger partial charge in [-0.15, -0.1) is 24.8 Å². The van der Waals surface area contributed by atoms with E-state index in [9.17, 15) is 4.79 Å². The van der Waals surface area contributed by atoms with Gasteiger partial charge in [0.05, 0.1) is 5.92 Å². The Hall–Kier alpha value is -0.0300. The highest BCUT2D eigenvalue weighted by Gasteiger charge is 2.23. The molecule has 0 bridgehead atoms. The number of nitrogens with two attached hydrogens (primary N) is 1. The highest BCUT2D eigenvalue weighted by molar-refractivity contribution is 5.85. The molecule has 1 aliphatic heterocycles. The topological polar surface area (TPSA) is 64.3 Å². The third-order valence-electron chi connectivity index (χ3n) is 2.32. The number of ether oxygens (including phenoxy) is 1. The summed E-state index contributed by atoms with van der Waals surface area (Å²) in [5.41, 5.74) is 5.36. The number of carbonyl (C=O) groups is 1. The fourth-order valence-corrected chi connectivity index (χ4v) is 1.40. The Morgan fingerprint density at radius 3 is 2.47 bits per heavy atom. The van der Waals surface area contributed by atoms with Crippen LogP contribution in [0.4, 0.5) is 0 Å². The molecule has 0 aromatic rings. The van der Waals surface area contributed by atoms with Gasteiger partial charge in [0.1, 0.15) is 6.10 Å². The van der Waals surface area contributed by atoms with Gasteiger partial charge >= 0.3 is 5.97 Å². The first-order valence-electron chi connectivity index (χ1n) is 4.85. The van der Waals surface area contributed by atoms with Gasteiger partial charge in [-0.05, 0) is 32.9 Å². The number of rotatable bonds is 3. The molecule has 92 valence electrons. The van der Waals surface area contributed by atoms with Crippen LogP contribution in [0, 0.1) is 5.92 Å². The molecule has 1 fully saturated rings. The lowest BCUT2D eigenvalue weighted by atomic mass is 9.98. The molecule has 0 amide bonds. The maximum absolute atomic E-state index is 11.5. The standard InChI is InChI=1S/C9H18N2O2.2ClH/c1-7(6-10)13-9(12)8-2-4-11-5-3-8;;/h7-8,11H,2-6,10H2,1H3;2*1H. The number of esters is 1. The molecule has 1 aliphatic rings. The highest BCUT2D eigenvalue weighted by atomic mass is 35.5. The van der Waals surface area contributed by atoms with Crippen LogP contribution >= 0.6 is 24.8 Å². The van der Waals surface area contributed by atoms with Crippen molar-refractivity contribution in [2.24, 2.45) is 11.7 Å². The average Bonchev–Trinajstić information content (AvgIpc) is 2.19. The third kappa shape index (κ3) is 6.20. The smallest absolute Gasteiger partial charge is 0.309 e. The van der Waals surface area contributed by atoms with Crippen molar-refractivity contribution in [1.82, 2.24) is 5.32 Å². The van der Waals surface area contributed by atoms with Gasteiger partial charge in [-0.25, -0.2) is 0 Å². The van der Waals surface area contributed by atoms with Gasteiger partial charge in [0.15, 0.2) is 0 Å². The Kier molecular flexibility index (Phi) is 10.7. The molecule has 6 heteroatoms. The van der Waals surface area contributed by atoms with Crippen molar-refractivity contribution in [1.29, 1.82) is 0 Å². The monoisotopic (exact) mass is 258 g/mol. The van der Waals surface area contributed by atoms with Crippen molar-refractivity contribution in [3.8, 4) is 0 Å². The fraction of sp³-hybridized carbons (Fsp3) is 0.889. The first-order valence-corrected chi connectivity index (χ1v) is 4.85. The van der Waals surface area contributed by atoms with Gasteiger partial charge in [0, 0.05) is 6.54 Å². The molecule has 1 saturated heterocycles. The van der Waals surface area contributed by atoms with E-state index in [1.807, 2.05) is 6.92 Å². The number of hydrogen-bond acceptors (Lipinski definition) is 4. The Balaban J connectivity index is 0. The van der Waals surface area contributed by atoms with Crippen molar-refractivity contribution >= 4 is 30.8 Å². The number of halogens is 2. The minimum atomic E-state index is -0.151. The zero-order chi connectivity index (χ0) is 9.68. The largest absolute Gasteiger partial charge is 0.461 e. The van der Waals surface area contributed by atoms with Gasteiger partial charge < -0.3 is 15.8 Å². The molecule has 0 aromatic heterocycles. The lowest BCUT2D eigenvalue weighted by Gasteiger charge is -2.22. The van der Waals surface area contributed by atoms with Crippen LogP contribution in [-0.4, -0.2) is 31.7 Å². The Morgan fingerprint density at radius 2 is 2.00 bits per heavy atom. The summed E-state index contributed by atoms with van der Waals surface area (Å²) in [5.74, 6) is -0.00491. The van der Waals surface area contributed by atoms with Crippen LogP contribution in [0.5, 0.6) is 0 Å². The summed E-state index contributed by atoms with van der Waals surface area (Å²) in [4.78, 5) is 11.5. The summed E-state index contributed by atoms with van der Waals surface area (Å²) < 4.78 is 5.15. The third-order valence-corrected chi connectivity index (χ3v) is 2.32. The first kappa shape index (κ1) is 17.4. The van der Waals surface area contributed by atoms with Crippen LogP contribution in [0.3, 0.4) is 0 Å². The van der Waals surface area contributed by atoms with Gasteiger partial charge in [-0.2, -0.15) is 0 Å². The van der Waals surface area contributed by atoms with E-state index >= 15 is 0 Å². The van der Waals surface area contributed by atoms with Crippen molar-refractivity contribution in [2.75, 3.05) is 19.6 Å². The molecular weight excluding hydrogens is 239 g/mol. The SMILES string of the molecule is CC(CN)OC(=O)C1CCNCC1.Cl.Cl. The van der Waals surface area contributed by atoms with Crippen LogP contribution in [-0.2, 0) is 9.53 Å². The predicted molar refractivity (Wildman–Crippen MR) is 64.7 cm³/mol. The van der Waals surface area contributed by atoms with E-state index in [0.717, 1.165) is 25.9 Å². The second kappa shape index (κ2) is 9.21. The molecule has 0 aromatic carbocycles. The second-order valence-electron chi connectivity index (χ2n) is 3.51. The summed E-state index contributed by atoms with van der Waals surface area (Å²) in [7, 11) is 0. The second-order valence-corrected chi connectivity index (χ2v) is 3.51. The molecule has 1 heterocycles. The van der Waals surface area contributed by atoms with Gasteiger partial charge in [0.25, 0.3) is 0 Å². The summed E-state index contributed by atoms with van der Waals surface area (Å²) in [6, 6.07) is 0. The minimum absolute atomic E-state index is 0. The number of nitrogens with one attached hydrogen (secondary N) is 1. The molecule has 0 aliphatic carbocycles. The molecule has 4 nitrogen and oxygen atoms in total. The van der Waals surface area contributed by atoms with Crippen LogP contribution in [0.1, 0.15) is 19.8 Å². The molecule has 0 radical (unpaired) electrons. The van der Waals surface area contributed by atoms with E-state index in [-0.39, 0.29) is 42.8 Å². The van der Waals surface area contributed by atoms with E-state index in [4.69, 9.17) is 10.5 Å².